The molecule has 7 heteroatoms. The number of ether oxygens (including phenoxy) is 2. The van der Waals surface area contributed by atoms with Crippen molar-refractivity contribution >= 4 is 22.6 Å². The number of methoxy groups -OCH3 is 1. The molecule has 2 heterocycles. The summed E-state index contributed by atoms with van der Waals surface area (Å²) in [5.74, 6) is 1.36. The Balaban J connectivity index is 1.38. The second kappa shape index (κ2) is 12.7. The van der Waals surface area contributed by atoms with Crippen molar-refractivity contribution in [3.63, 3.8) is 0 Å². The van der Waals surface area contributed by atoms with E-state index in [0.717, 1.165) is 35.4 Å². The first kappa shape index (κ1) is 30.1. The Morgan fingerprint density at radius 1 is 0.809 bits per heavy atom. The van der Waals surface area contributed by atoms with Crippen LogP contribution in [0.2, 0.25) is 0 Å². The van der Waals surface area contributed by atoms with Crippen LogP contribution >= 0.6 is 0 Å². The third-order valence-corrected chi connectivity index (χ3v) is 9.14. The molecule has 7 nitrogen and oxygen atoms in total. The lowest BCUT2D eigenvalue weighted by molar-refractivity contribution is 0.0794. The van der Waals surface area contributed by atoms with Crippen LogP contribution in [0.5, 0.6) is 11.5 Å². The number of hydrogen-bond acceptors (Lipinski definition) is 6. The predicted octanol–water partition coefficient (Wildman–Crippen LogP) is 8.04. The Labute approximate surface area is 273 Å². The van der Waals surface area contributed by atoms with E-state index < -0.39 is 5.41 Å². The number of carbonyl (C=O) groups excluding carboxylic acids is 2. The van der Waals surface area contributed by atoms with Crippen LogP contribution in [-0.2, 0) is 18.4 Å². The molecule has 0 spiro atoms. The van der Waals surface area contributed by atoms with Crippen molar-refractivity contribution in [2.45, 2.75) is 44.1 Å². The molecule has 234 valence electrons. The molecular formula is C40H35N3O4. The number of Topliss-reactive ketones (excluding diaryl/α,β-unsaturated/α-hetero) is 2. The molecule has 0 amide bonds. The molecule has 0 fully saturated rings. The summed E-state index contributed by atoms with van der Waals surface area (Å²) in [6, 6.07) is 32.6. The average Bonchev–Trinajstić information content (AvgIpc) is 3.65. The summed E-state index contributed by atoms with van der Waals surface area (Å²) in [6.07, 6.45) is 5.34. The van der Waals surface area contributed by atoms with Crippen molar-refractivity contribution in [3.05, 3.63) is 155 Å². The maximum absolute atomic E-state index is 14.9. The van der Waals surface area contributed by atoms with Crippen LogP contribution in [0, 0.1) is 0 Å². The Morgan fingerprint density at radius 3 is 2.26 bits per heavy atom. The van der Waals surface area contributed by atoms with Crippen molar-refractivity contribution in [1.82, 2.24) is 15.0 Å². The fourth-order valence-electron chi connectivity index (χ4n) is 6.81. The summed E-state index contributed by atoms with van der Waals surface area (Å²) in [4.78, 5) is 42.5. The second-order valence-electron chi connectivity index (χ2n) is 12.0. The summed E-state index contributed by atoms with van der Waals surface area (Å²) in [5.41, 5.74) is 3.92. The van der Waals surface area contributed by atoms with E-state index in [-0.39, 0.29) is 23.9 Å². The van der Waals surface area contributed by atoms with Gasteiger partial charge in [0.15, 0.2) is 11.6 Å². The largest absolute Gasteiger partial charge is 0.494 e. The van der Waals surface area contributed by atoms with E-state index in [2.05, 4.69) is 29.0 Å². The van der Waals surface area contributed by atoms with Gasteiger partial charge in [-0.3, -0.25) is 14.6 Å². The number of ketones is 2. The first-order chi connectivity index (χ1) is 23.0. The first-order valence-corrected chi connectivity index (χ1v) is 15.9. The number of imidazole rings is 1. The van der Waals surface area contributed by atoms with E-state index in [0.29, 0.717) is 45.8 Å². The normalized spacial score (nSPS) is 16.3. The van der Waals surface area contributed by atoms with Crippen molar-refractivity contribution in [1.29, 1.82) is 0 Å². The van der Waals surface area contributed by atoms with Gasteiger partial charge in [-0.2, -0.15) is 0 Å². The van der Waals surface area contributed by atoms with E-state index in [1.165, 1.54) is 0 Å². The highest BCUT2D eigenvalue weighted by Crippen LogP contribution is 2.47. The predicted molar refractivity (Wildman–Crippen MR) is 181 cm³/mol. The molecule has 1 aliphatic carbocycles. The topological polar surface area (TPSA) is 94.2 Å². The van der Waals surface area contributed by atoms with Crippen LogP contribution in [-0.4, -0.2) is 33.6 Å². The number of pyridine rings is 1. The fourth-order valence-corrected chi connectivity index (χ4v) is 6.81. The lowest BCUT2D eigenvalue weighted by Crippen LogP contribution is -2.41. The van der Waals surface area contributed by atoms with Crippen molar-refractivity contribution < 1.29 is 19.1 Å². The fraction of sp³-hybridized carbons (Fsp3) is 0.200. The molecule has 0 aliphatic heterocycles. The summed E-state index contributed by atoms with van der Waals surface area (Å²) in [5, 5.41) is 0. The number of carbonyl (C=O) groups is 2. The molecule has 7 rings (SSSR count). The second-order valence-corrected chi connectivity index (χ2v) is 12.0. The minimum atomic E-state index is -1.55. The highest BCUT2D eigenvalue weighted by atomic mass is 16.5. The third-order valence-electron chi connectivity index (χ3n) is 9.14. The number of fused-ring (bicyclic) bond motifs is 2. The number of rotatable bonds is 11. The summed E-state index contributed by atoms with van der Waals surface area (Å²) in [7, 11) is 1.61. The number of aromatic nitrogens is 3. The maximum Gasteiger partial charge on any atom is 0.182 e. The van der Waals surface area contributed by atoms with Crippen molar-refractivity contribution in [2.75, 3.05) is 7.11 Å². The van der Waals surface area contributed by atoms with Crippen LogP contribution in [0.1, 0.15) is 74.5 Å². The zero-order valence-electron chi connectivity index (χ0n) is 26.4. The summed E-state index contributed by atoms with van der Waals surface area (Å²) >= 11 is 0. The minimum Gasteiger partial charge on any atom is -0.494 e. The minimum absolute atomic E-state index is 0.00111. The van der Waals surface area contributed by atoms with Gasteiger partial charge in [0.05, 0.1) is 12.6 Å². The molecule has 6 aromatic rings. The lowest BCUT2D eigenvalue weighted by atomic mass is 9.71. The van der Waals surface area contributed by atoms with Gasteiger partial charge in [0, 0.05) is 35.0 Å². The Hall–Kier alpha value is -5.56. The molecule has 0 saturated heterocycles. The van der Waals surface area contributed by atoms with Gasteiger partial charge in [0.25, 0.3) is 0 Å². The van der Waals surface area contributed by atoms with E-state index in [1.807, 2.05) is 72.8 Å². The Kier molecular flexibility index (Phi) is 8.12. The third kappa shape index (κ3) is 5.37. The first-order valence-electron chi connectivity index (χ1n) is 15.9. The number of hydrogen-bond donors (Lipinski definition) is 1. The van der Waals surface area contributed by atoms with E-state index >= 15 is 0 Å². The SMILES string of the molecule is CCCC(c1ccccc1)c1nc2c(C3(Cc4ccncc4)C(=O)c4ccc(OCc5ccccc5)cc4C3=O)ccc(OC)c2[nH]1. The standard InChI is InChI=1S/C40H35N3O4/c1-3-10-30(28-13-8-5-9-14-28)39-42-35-33(17-18-34(46-2)36(35)43-39)40(24-26-19-21-41-22-20-26)37(44)31-16-15-29(23-32(31)38(40)45)47-25-27-11-6-4-7-12-27/h4-9,11-23,30H,3,10,24-25H2,1-2H3,(H,42,43). The van der Waals surface area contributed by atoms with Crippen LogP contribution in [0.4, 0.5) is 0 Å². The smallest absolute Gasteiger partial charge is 0.182 e. The van der Waals surface area contributed by atoms with Crippen molar-refractivity contribution in [2.24, 2.45) is 0 Å². The Bertz CT molecular complexity index is 2060. The van der Waals surface area contributed by atoms with Crippen LogP contribution in [0.25, 0.3) is 11.0 Å². The molecule has 4 aromatic carbocycles. The molecule has 2 unspecified atom stereocenters. The quantitative estimate of drug-likeness (QED) is 0.147. The highest BCUT2D eigenvalue weighted by molar-refractivity contribution is 6.34. The van der Waals surface area contributed by atoms with Crippen molar-refractivity contribution in [3.8, 4) is 11.5 Å². The maximum atomic E-state index is 14.9. The highest BCUT2D eigenvalue weighted by Gasteiger charge is 2.55. The van der Waals surface area contributed by atoms with E-state index in [1.54, 1.807) is 37.7 Å². The molecule has 1 aliphatic rings. The van der Waals surface area contributed by atoms with Gasteiger partial charge in [-0.05, 0) is 65.9 Å². The number of benzene rings is 4. The number of nitrogens with one attached hydrogen (secondary N) is 1. The Morgan fingerprint density at radius 2 is 1.53 bits per heavy atom. The van der Waals surface area contributed by atoms with Gasteiger partial charge in [-0.25, -0.2) is 4.98 Å². The number of nitrogens with zero attached hydrogens (tertiary/aromatic N) is 2. The number of aromatic amines is 1. The van der Waals surface area contributed by atoms with Gasteiger partial charge >= 0.3 is 0 Å². The summed E-state index contributed by atoms with van der Waals surface area (Å²) < 4.78 is 11.9. The monoisotopic (exact) mass is 621 g/mol. The van der Waals surface area contributed by atoms with Crippen LogP contribution < -0.4 is 9.47 Å². The molecule has 2 atom stereocenters. The molecule has 1 N–H and O–H groups in total. The zero-order chi connectivity index (χ0) is 32.4. The molecule has 0 saturated carbocycles. The van der Waals surface area contributed by atoms with Gasteiger partial charge in [0.1, 0.15) is 34.9 Å². The van der Waals surface area contributed by atoms with Gasteiger partial charge in [-0.15, -0.1) is 0 Å². The number of H-pyrrole nitrogens is 1. The molecule has 2 aromatic heterocycles. The van der Waals surface area contributed by atoms with E-state index in [4.69, 9.17) is 14.5 Å². The van der Waals surface area contributed by atoms with Crippen LogP contribution in [0.15, 0.2) is 116 Å². The van der Waals surface area contributed by atoms with Gasteiger partial charge < -0.3 is 14.5 Å². The van der Waals surface area contributed by atoms with Crippen LogP contribution in [0.3, 0.4) is 0 Å². The van der Waals surface area contributed by atoms with Gasteiger partial charge in [-0.1, -0.05) is 80.1 Å². The molecular weight excluding hydrogens is 586 g/mol. The average molecular weight is 622 g/mol. The molecule has 47 heavy (non-hydrogen) atoms. The molecule has 0 radical (unpaired) electrons. The zero-order valence-corrected chi connectivity index (χ0v) is 26.4. The summed E-state index contributed by atoms with van der Waals surface area (Å²) in [6.45, 7) is 2.50. The lowest BCUT2D eigenvalue weighted by Gasteiger charge is -2.27. The molecule has 0 bridgehead atoms. The van der Waals surface area contributed by atoms with Gasteiger partial charge in [0.2, 0.25) is 0 Å². The van der Waals surface area contributed by atoms with E-state index in [9.17, 15) is 9.59 Å².